The first-order valence-electron chi connectivity index (χ1n) is 5.24. The van der Waals surface area contributed by atoms with E-state index in [1.807, 2.05) is 0 Å². The molecule has 1 rings (SSSR count). The normalized spacial score (nSPS) is 32.9. The van der Waals surface area contributed by atoms with E-state index in [1.165, 1.54) is 0 Å². The Balaban J connectivity index is 2.35. The van der Waals surface area contributed by atoms with Gasteiger partial charge in [-0.1, -0.05) is 12.8 Å². The number of nitrogens with two attached hydrogens (primary N) is 1. The number of rotatable bonds is 4. The quantitative estimate of drug-likeness (QED) is 0.630. The summed E-state index contributed by atoms with van der Waals surface area (Å²) in [6, 6.07) is -0.176. The van der Waals surface area contributed by atoms with Crippen molar-refractivity contribution in [2.45, 2.75) is 56.6 Å². The number of aliphatic hydroxyl groups is 1. The second-order valence-electron chi connectivity index (χ2n) is 4.20. The van der Waals surface area contributed by atoms with Gasteiger partial charge in [0.05, 0.1) is 5.60 Å². The molecule has 2 unspecified atom stereocenters. The number of carboxylic acid groups (broad SMARTS) is 1. The molecule has 14 heavy (non-hydrogen) atoms. The van der Waals surface area contributed by atoms with Crippen molar-refractivity contribution in [1.29, 1.82) is 0 Å². The van der Waals surface area contributed by atoms with Crippen LogP contribution in [0.15, 0.2) is 0 Å². The van der Waals surface area contributed by atoms with E-state index in [9.17, 15) is 9.90 Å². The largest absolute Gasteiger partial charge is 0.481 e. The molecule has 0 spiro atoms. The van der Waals surface area contributed by atoms with Gasteiger partial charge in [0, 0.05) is 12.5 Å². The van der Waals surface area contributed by atoms with Crippen LogP contribution in [0.25, 0.3) is 0 Å². The topological polar surface area (TPSA) is 83.5 Å². The van der Waals surface area contributed by atoms with E-state index in [2.05, 4.69) is 0 Å². The number of hydrogen-bond donors (Lipinski definition) is 3. The molecule has 1 fully saturated rings. The first kappa shape index (κ1) is 11.5. The lowest BCUT2D eigenvalue weighted by Gasteiger charge is -2.37. The Morgan fingerprint density at radius 1 is 1.50 bits per heavy atom. The maximum atomic E-state index is 10.3. The van der Waals surface area contributed by atoms with Crippen LogP contribution in [-0.2, 0) is 4.79 Å². The van der Waals surface area contributed by atoms with Gasteiger partial charge in [-0.3, -0.25) is 4.79 Å². The van der Waals surface area contributed by atoms with Gasteiger partial charge >= 0.3 is 5.97 Å². The molecule has 1 aliphatic carbocycles. The van der Waals surface area contributed by atoms with Crippen LogP contribution in [0.2, 0.25) is 0 Å². The molecule has 1 aliphatic rings. The predicted molar refractivity (Wildman–Crippen MR) is 52.9 cm³/mol. The average molecular weight is 201 g/mol. The molecule has 0 aromatic rings. The molecule has 2 atom stereocenters. The maximum absolute atomic E-state index is 10.3. The molecule has 0 heterocycles. The van der Waals surface area contributed by atoms with E-state index in [4.69, 9.17) is 10.8 Å². The lowest BCUT2D eigenvalue weighted by molar-refractivity contribution is -0.137. The van der Waals surface area contributed by atoms with Crippen LogP contribution >= 0.6 is 0 Å². The molecular formula is C10H19NO3. The summed E-state index contributed by atoms with van der Waals surface area (Å²) >= 11 is 0. The summed E-state index contributed by atoms with van der Waals surface area (Å²) in [5.41, 5.74) is 5.02. The molecule has 1 saturated carbocycles. The Morgan fingerprint density at radius 2 is 2.21 bits per heavy atom. The number of hydrogen-bond acceptors (Lipinski definition) is 3. The zero-order valence-electron chi connectivity index (χ0n) is 8.41. The molecule has 4 heteroatoms. The van der Waals surface area contributed by atoms with Gasteiger partial charge in [-0.25, -0.2) is 0 Å². The SMILES string of the molecule is NC1CCCCC1(O)CCCC(=O)O. The number of aliphatic carboxylic acids is 1. The summed E-state index contributed by atoms with van der Waals surface area (Å²) in [5.74, 6) is -0.807. The van der Waals surface area contributed by atoms with Crippen molar-refractivity contribution in [1.82, 2.24) is 0 Å². The molecule has 0 aromatic carbocycles. The monoisotopic (exact) mass is 201 g/mol. The molecule has 4 nitrogen and oxygen atoms in total. The van der Waals surface area contributed by atoms with E-state index in [0.29, 0.717) is 19.3 Å². The highest BCUT2D eigenvalue weighted by atomic mass is 16.4. The summed E-state index contributed by atoms with van der Waals surface area (Å²) in [6.07, 6.45) is 4.78. The Bertz CT molecular complexity index is 208. The molecule has 0 saturated heterocycles. The smallest absolute Gasteiger partial charge is 0.303 e. The van der Waals surface area contributed by atoms with Crippen molar-refractivity contribution in [3.8, 4) is 0 Å². The van der Waals surface area contributed by atoms with Crippen LogP contribution in [0.1, 0.15) is 44.9 Å². The van der Waals surface area contributed by atoms with Gasteiger partial charge < -0.3 is 15.9 Å². The molecule has 4 N–H and O–H groups in total. The first-order chi connectivity index (χ1) is 6.54. The molecule has 0 aliphatic heterocycles. The van der Waals surface area contributed by atoms with E-state index < -0.39 is 11.6 Å². The van der Waals surface area contributed by atoms with Gasteiger partial charge in [0.2, 0.25) is 0 Å². The van der Waals surface area contributed by atoms with Gasteiger partial charge in [-0.2, -0.15) is 0 Å². The third kappa shape index (κ3) is 2.96. The second kappa shape index (κ2) is 4.75. The van der Waals surface area contributed by atoms with Gasteiger partial charge in [0.25, 0.3) is 0 Å². The Morgan fingerprint density at radius 3 is 2.79 bits per heavy atom. The van der Waals surface area contributed by atoms with Gasteiger partial charge in [-0.15, -0.1) is 0 Å². The van der Waals surface area contributed by atoms with Gasteiger partial charge in [0.15, 0.2) is 0 Å². The zero-order valence-corrected chi connectivity index (χ0v) is 8.41. The van der Waals surface area contributed by atoms with Crippen LogP contribution in [0, 0.1) is 0 Å². The molecule has 0 aromatic heterocycles. The van der Waals surface area contributed by atoms with E-state index in [1.54, 1.807) is 0 Å². The van der Waals surface area contributed by atoms with Crippen molar-refractivity contribution >= 4 is 5.97 Å². The molecule has 0 amide bonds. The lowest BCUT2D eigenvalue weighted by Crippen LogP contribution is -2.50. The van der Waals surface area contributed by atoms with Crippen molar-refractivity contribution in [2.24, 2.45) is 5.73 Å². The minimum absolute atomic E-state index is 0.120. The summed E-state index contributed by atoms with van der Waals surface area (Å²) in [7, 11) is 0. The van der Waals surface area contributed by atoms with Crippen molar-refractivity contribution in [3.63, 3.8) is 0 Å². The summed E-state index contributed by atoms with van der Waals surface area (Å²) in [4.78, 5) is 10.3. The fraction of sp³-hybridized carbons (Fsp3) is 0.900. The summed E-state index contributed by atoms with van der Waals surface area (Å²) < 4.78 is 0. The zero-order chi connectivity index (χ0) is 10.6. The summed E-state index contributed by atoms with van der Waals surface area (Å²) in [6.45, 7) is 0. The first-order valence-corrected chi connectivity index (χ1v) is 5.24. The predicted octanol–water partition coefficient (Wildman–Crippen LogP) is 0.874. The van der Waals surface area contributed by atoms with Crippen LogP contribution in [0.3, 0.4) is 0 Å². The van der Waals surface area contributed by atoms with Crippen LogP contribution in [0.5, 0.6) is 0 Å². The molecule has 82 valence electrons. The second-order valence-corrected chi connectivity index (χ2v) is 4.20. The standard InChI is InChI=1S/C10H19NO3/c11-8-4-1-2-6-10(8,14)7-3-5-9(12)13/h8,14H,1-7,11H2,(H,12,13). The lowest BCUT2D eigenvalue weighted by atomic mass is 9.78. The summed E-state index contributed by atoms with van der Waals surface area (Å²) in [5, 5.41) is 18.6. The fourth-order valence-electron chi connectivity index (χ4n) is 2.11. The number of carboxylic acids is 1. The average Bonchev–Trinajstić information content (AvgIpc) is 2.10. The van der Waals surface area contributed by atoms with Gasteiger partial charge in [-0.05, 0) is 25.7 Å². The van der Waals surface area contributed by atoms with Crippen LogP contribution < -0.4 is 5.73 Å². The third-order valence-corrected chi connectivity index (χ3v) is 3.07. The molecule has 0 bridgehead atoms. The van der Waals surface area contributed by atoms with E-state index in [0.717, 1.165) is 19.3 Å². The van der Waals surface area contributed by atoms with Crippen molar-refractivity contribution < 1.29 is 15.0 Å². The molecular weight excluding hydrogens is 182 g/mol. The minimum Gasteiger partial charge on any atom is -0.481 e. The Hall–Kier alpha value is -0.610. The number of carbonyl (C=O) groups is 1. The van der Waals surface area contributed by atoms with Crippen molar-refractivity contribution in [3.05, 3.63) is 0 Å². The van der Waals surface area contributed by atoms with Gasteiger partial charge in [0.1, 0.15) is 0 Å². The minimum atomic E-state index is -0.812. The fourth-order valence-corrected chi connectivity index (χ4v) is 2.11. The Labute approximate surface area is 84.1 Å². The van der Waals surface area contributed by atoms with Crippen LogP contribution in [0.4, 0.5) is 0 Å². The van der Waals surface area contributed by atoms with E-state index in [-0.39, 0.29) is 12.5 Å². The highest BCUT2D eigenvalue weighted by Gasteiger charge is 2.35. The van der Waals surface area contributed by atoms with Crippen LogP contribution in [-0.4, -0.2) is 27.8 Å². The maximum Gasteiger partial charge on any atom is 0.303 e. The highest BCUT2D eigenvalue weighted by molar-refractivity contribution is 5.66. The molecule has 0 radical (unpaired) electrons. The third-order valence-electron chi connectivity index (χ3n) is 3.07. The van der Waals surface area contributed by atoms with E-state index >= 15 is 0 Å². The van der Waals surface area contributed by atoms with Crippen molar-refractivity contribution in [2.75, 3.05) is 0 Å². The Kier molecular flexibility index (Phi) is 3.89. The highest BCUT2D eigenvalue weighted by Crippen LogP contribution is 2.31.